The number of aliphatic hydroxyl groups is 1. The van der Waals surface area contributed by atoms with Gasteiger partial charge >= 0.3 is 0 Å². The zero-order valence-electron chi connectivity index (χ0n) is 9.23. The number of aliphatic hydroxyl groups excluding tert-OH is 1. The molecular formula is C12H14ClFO3. The van der Waals surface area contributed by atoms with Gasteiger partial charge in [-0.3, -0.25) is 0 Å². The summed E-state index contributed by atoms with van der Waals surface area (Å²) in [6.07, 6.45) is -0.859. The Morgan fingerprint density at radius 2 is 2.29 bits per heavy atom. The molecule has 1 aromatic rings. The minimum absolute atomic E-state index is 0.0586. The third-order valence-corrected chi connectivity index (χ3v) is 3.15. The van der Waals surface area contributed by atoms with Crippen LogP contribution in [-0.2, 0) is 15.9 Å². The van der Waals surface area contributed by atoms with E-state index in [9.17, 15) is 9.50 Å². The average molecular weight is 261 g/mol. The second-order valence-electron chi connectivity index (χ2n) is 3.97. The predicted octanol–water partition coefficient (Wildman–Crippen LogP) is 1.80. The van der Waals surface area contributed by atoms with Crippen molar-refractivity contribution in [3.05, 3.63) is 34.6 Å². The van der Waals surface area contributed by atoms with Gasteiger partial charge in [0.1, 0.15) is 11.9 Å². The van der Waals surface area contributed by atoms with Crippen LogP contribution in [0.2, 0.25) is 5.02 Å². The summed E-state index contributed by atoms with van der Waals surface area (Å²) < 4.78 is 23.8. The summed E-state index contributed by atoms with van der Waals surface area (Å²) in [6, 6.07) is 4.55. The van der Waals surface area contributed by atoms with Crippen molar-refractivity contribution in [1.82, 2.24) is 0 Å². The third-order valence-electron chi connectivity index (χ3n) is 2.73. The zero-order chi connectivity index (χ0) is 12.3. The Morgan fingerprint density at radius 1 is 1.47 bits per heavy atom. The molecule has 0 amide bonds. The molecule has 1 aromatic carbocycles. The van der Waals surface area contributed by atoms with Crippen LogP contribution in [0.25, 0.3) is 0 Å². The Kier molecular flexibility index (Phi) is 4.34. The lowest BCUT2D eigenvalue weighted by Crippen LogP contribution is -2.39. The lowest BCUT2D eigenvalue weighted by atomic mass is 10.0. The van der Waals surface area contributed by atoms with E-state index in [0.717, 1.165) is 0 Å². The molecule has 0 radical (unpaired) electrons. The maximum absolute atomic E-state index is 13.2. The topological polar surface area (TPSA) is 38.7 Å². The van der Waals surface area contributed by atoms with Crippen molar-refractivity contribution in [2.75, 3.05) is 19.8 Å². The van der Waals surface area contributed by atoms with Gasteiger partial charge in [-0.2, -0.15) is 0 Å². The Morgan fingerprint density at radius 3 is 3.00 bits per heavy atom. The first-order valence-electron chi connectivity index (χ1n) is 5.49. The van der Waals surface area contributed by atoms with Crippen LogP contribution in [0.15, 0.2) is 18.2 Å². The van der Waals surface area contributed by atoms with E-state index in [4.69, 9.17) is 21.1 Å². The highest BCUT2D eigenvalue weighted by atomic mass is 35.5. The molecular weight excluding hydrogens is 247 g/mol. The predicted molar refractivity (Wildman–Crippen MR) is 61.7 cm³/mol. The van der Waals surface area contributed by atoms with E-state index in [1.165, 1.54) is 6.07 Å². The fourth-order valence-corrected chi connectivity index (χ4v) is 1.99. The van der Waals surface area contributed by atoms with Gasteiger partial charge in [0.2, 0.25) is 0 Å². The molecule has 1 heterocycles. The summed E-state index contributed by atoms with van der Waals surface area (Å²) in [5.74, 6) is -0.475. The summed E-state index contributed by atoms with van der Waals surface area (Å²) in [5, 5.41) is 10.0. The Balaban J connectivity index is 2.01. The fourth-order valence-electron chi connectivity index (χ4n) is 1.79. The molecule has 1 aliphatic rings. The minimum atomic E-state index is -0.741. The summed E-state index contributed by atoms with van der Waals surface area (Å²) in [4.78, 5) is 0. The van der Waals surface area contributed by atoms with Crippen molar-refractivity contribution in [2.24, 2.45) is 0 Å². The number of hydrogen-bond acceptors (Lipinski definition) is 3. The fraction of sp³-hybridized carbons (Fsp3) is 0.500. The van der Waals surface area contributed by atoms with Gasteiger partial charge in [0.05, 0.1) is 30.9 Å². The van der Waals surface area contributed by atoms with E-state index in [2.05, 4.69) is 0 Å². The van der Waals surface area contributed by atoms with E-state index >= 15 is 0 Å². The monoisotopic (exact) mass is 260 g/mol. The summed E-state index contributed by atoms with van der Waals surface area (Å²) >= 11 is 5.82. The van der Waals surface area contributed by atoms with Crippen molar-refractivity contribution in [3.8, 4) is 0 Å². The van der Waals surface area contributed by atoms with Crippen LogP contribution in [0.3, 0.4) is 0 Å². The first-order valence-corrected chi connectivity index (χ1v) is 5.86. The van der Waals surface area contributed by atoms with Gasteiger partial charge in [-0.15, -0.1) is 0 Å². The van der Waals surface area contributed by atoms with Crippen LogP contribution in [0.4, 0.5) is 4.39 Å². The molecule has 3 nitrogen and oxygen atoms in total. The van der Waals surface area contributed by atoms with Crippen LogP contribution in [0.1, 0.15) is 5.56 Å². The molecule has 1 saturated heterocycles. The van der Waals surface area contributed by atoms with Crippen molar-refractivity contribution < 1.29 is 19.0 Å². The van der Waals surface area contributed by atoms with Gasteiger partial charge in [-0.05, 0) is 11.6 Å². The largest absolute Gasteiger partial charge is 0.390 e. The standard InChI is InChI=1S/C12H14ClFO3/c13-12-8(2-1-3-9(12)14)6-10(15)11-7-16-4-5-17-11/h1-3,10-11,15H,4-7H2. The van der Waals surface area contributed by atoms with E-state index in [1.807, 2.05) is 0 Å². The summed E-state index contributed by atoms with van der Waals surface area (Å²) in [7, 11) is 0. The molecule has 1 aliphatic heterocycles. The highest BCUT2D eigenvalue weighted by Gasteiger charge is 2.24. The Labute approximate surface area is 104 Å². The summed E-state index contributed by atoms with van der Waals surface area (Å²) in [5.41, 5.74) is 0.577. The molecule has 2 rings (SSSR count). The number of hydrogen-bond donors (Lipinski definition) is 1. The molecule has 1 fully saturated rings. The number of halogens is 2. The second kappa shape index (κ2) is 5.78. The maximum Gasteiger partial charge on any atom is 0.142 e. The number of ether oxygens (including phenoxy) is 2. The Hall–Kier alpha value is -0.680. The van der Waals surface area contributed by atoms with Crippen LogP contribution in [0.5, 0.6) is 0 Å². The molecule has 94 valence electrons. The van der Waals surface area contributed by atoms with Gasteiger partial charge in [-0.1, -0.05) is 23.7 Å². The third kappa shape index (κ3) is 3.16. The Bertz CT molecular complexity index is 380. The van der Waals surface area contributed by atoms with Gasteiger partial charge in [0, 0.05) is 6.42 Å². The van der Waals surface area contributed by atoms with Crippen LogP contribution in [-0.4, -0.2) is 37.1 Å². The quantitative estimate of drug-likeness (QED) is 0.901. The van der Waals surface area contributed by atoms with Gasteiger partial charge in [0.25, 0.3) is 0 Å². The van der Waals surface area contributed by atoms with Gasteiger partial charge in [-0.25, -0.2) is 4.39 Å². The minimum Gasteiger partial charge on any atom is -0.390 e. The molecule has 0 bridgehead atoms. The average Bonchev–Trinajstić information content (AvgIpc) is 2.36. The lowest BCUT2D eigenvalue weighted by molar-refractivity contribution is -0.131. The maximum atomic E-state index is 13.2. The highest BCUT2D eigenvalue weighted by Crippen LogP contribution is 2.22. The van der Waals surface area contributed by atoms with Gasteiger partial charge in [0.15, 0.2) is 0 Å². The van der Waals surface area contributed by atoms with Crippen LogP contribution >= 0.6 is 11.6 Å². The molecule has 0 aromatic heterocycles. The van der Waals surface area contributed by atoms with Crippen molar-refractivity contribution in [2.45, 2.75) is 18.6 Å². The molecule has 5 heteroatoms. The number of benzene rings is 1. The van der Waals surface area contributed by atoms with Crippen LogP contribution in [0, 0.1) is 5.82 Å². The van der Waals surface area contributed by atoms with E-state index in [1.54, 1.807) is 12.1 Å². The molecule has 1 N–H and O–H groups in total. The first-order chi connectivity index (χ1) is 8.18. The molecule has 17 heavy (non-hydrogen) atoms. The smallest absolute Gasteiger partial charge is 0.142 e. The van der Waals surface area contributed by atoms with E-state index in [0.29, 0.717) is 25.4 Å². The lowest BCUT2D eigenvalue weighted by Gasteiger charge is -2.27. The normalized spacial score (nSPS) is 22.4. The molecule has 0 spiro atoms. The van der Waals surface area contributed by atoms with Crippen LogP contribution < -0.4 is 0 Å². The van der Waals surface area contributed by atoms with Gasteiger partial charge < -0.3 is 14.6 Å². The summed E-state index contributed by atoms with van der Waals surface area (Å²) in [6.45, 7) is 1.37. The first kappa shape index (κ1) is 12.8. The van der Waals surface area contributed by atoms with Crippen molar-refractivity contribution >= 4 is 11.6 Å². The van der Waals surface area contributed by atoms with Crippen molar-refractivity contribution in [3.63, 3.8) is 0 Å². The molecule has 2 atom stereocenters. The molecule has 0 saturated carbocycles. The highest BCUT2D eigenvalue weighted by molar-refractivity contribution is 6.31. The van der Waals surface area contributed by atoms with E-state index < -0.39 is 11.9 Å². The SMILES string of the molecule is OC(Cc1cccc(F)c1Cl)C1COCCO1. The number of rotatable bonds is 3. The second-order valence-corrected chi connectivity index (χ2v) is 4.35. The molecule has 2 unspecified atom stereocenters. The molecule has 0 aliphatic carbocycles. The van der Waals surface area contributed by atoms with Crippen molar-refractivity contribution in [1.29, 1.82) is 0 Å². The van der Waals surface area contributed by atoms with E-state index in [-0.39, 0.29) is 17.5 Å². The zero-order valence-corrected chi connectivity index (χ0v) is 9.99.